The highest BCUT2D eigenvalue weighted by atomic mass is 16.5. The Hall–Kier alpha value is -3.38. The fourth-order valence-electron chi connectivity index (χ4n) is 4.83. The third-order valence-corrected chi connectivity index (χ3v) is 6.70. The second-order valence-electron chi connectivity index (χ2n) is 9.37. The minimum absolute atomic E-state index is 0.0264. The van der Waals surface area contributed by atoms with Gasteiger partial charge in [0.05, 0.1) is 11.9 Å². The highest BCUT2D eigenvalue weighted by Gasteiger charge is 2.46. The first kappa shape index (κ1) is 21.5. The molecule has 0 aliphatic carbocycles. The van der Waals surface area contributed by atoms with Crippen LogP contribution in [0.5, 0.6) is 11.5 Å². The molecule has 33 heavy (non-hydrogen) atoms. The number of pyridine rings is 1. The Kier molecular flexibility index (Phi) is 6.01. The van der Waals surface area contributed by atoms with Crippen molar-refractivity contribution in [1.82, 2.24) is 14.8 Å². The maximum atomic E-state index is 12.5. The standard InChI is InChI=1S/C27H30N4O2/c1-21-5-2-8-24(15-21)33-25-9-3-6-22(16-25)18-30-13-10-27(11-14-30)19-31(20-27)26(32)29-23-7-4-12-28-17-23/h2-9,12,15-17H,10-11,13-14,18-20H2,1H3,(H,29,32). The van der Waals surface area contributed by atoms with Crippen LogP contribution >= 0.6 is 0 Å². The van der Waals surface area contributed by atoms with E-state index in [9.17, 15) is 4.79 Å². The van der Waals surface area contributed by atoms with Gasteiger partial charge in [-0.1, -0.05) is 24.3 Å². The number of hydrogen-bond acceptors (Lipinski definition) is 4. The molecule has 0 saturated carbocycles. The number of urea groups is 1. The average Bonchev–Trinajstić information content (AvgIpc) is 2.79. The molecule has 3 aromatic rings. The van der Waals surface area contributed by atoms with Crippen LogP contribution in [0.25, 0.3) is 0 Å². The highest BCUT2D eigenvalue weighted by Crippen LogP contribution is 2.41. The SMILES string of the molecule is Cc1cccc(Oc2cccc(CN3CCC4(CC3)CN(C(=O)Nc3cccnc3)C4)c2)c1. The van der Waals surface area contributed by atoms with Gasteiger partial charge in [0.1, 0.15) is 11.5 Å². The number of anilines is 1. The summed E-state index contributed by atoms with van der Waals surface area (Å²) >= 11 is 0. The van der Waals surface area contributed by atoms with E-state index in [0.717, 1.165) is 62.8 Å². The Bertz CT molecular complexity index is 1100. The predicted molar refractivity (Wildman–Crippen MR) is 129 cm³/mol. The Morgan fingerprint density at radius 1 is 1.03 bits per heavy atom. The van der Waals surface area contributed by atoms with Gasteiger partial charge in [-0.2, -0.15) is 0 Å². The number of nitrogens with zero attached hydrogens (tertiary/aromatic N) is 3. The minimum atomic E-state index is -0.0264. The van der Waals surface area contributed by atoms with Crippen molar-refractivity contribution in [3.8, 4) is 11.5 Å². The summed E-state index contributed by atoms with van der Waals surface area (Å²) in [6.45, 7) is 6.79. The van der Waals surface area contributed by atoms with Crippen LogP contribution in [0, 0.1) is 12.3 Å². The van der Waals surface area contributed by atoms with Gasteiger partial charge < -0.3 is 15.0 Å². The van der Waals surface area contributed by atoms with E-state index >= 15 is 0 Å². The molecule has 0 atom stereocenters. The Morgan fingerprint density at radius 2 is 1.79 bits per heavy atom. The molecule has 2 amide bonds. The van der Waals surface area contributed by atoms with E-state index in [-0.39, 0.29) is 11.4 Å². The molecule has 2 aliphatic heterocycles. The number of likely N-dealkylation sites (tertiary alicyclic amines) is 2. The van der Waals surface area contributed by atoms with E-state index in [0.29, 0.717) is 0 Å². The van der Waals surface area contributed by atoms with E-state index in [4.69, 9.17) is 4.74 Å². The lowest BCUT2D eigenvalue weighted by Gasteiger charge is -2.53. The van der Waals surface area contributed by atoms with Crippen LogP contribution in [-0.2, 0) is 6.54 Å². The van der Waals surface area contributed by atoms with Crippen molar-refractivity contribution >= 4 is 11.7 Å². The maximum Gasteiger partial charge on any atom is 0.321 e. The van der Waals surface area contributed by atoms with Crippen molar-refractivity contribution in [2.24, 2.45) is 5.41 Å². The monoisotopic (exact) mass is 442 g/mol. The first-order valence-electron chi connectivity index (χ1n) is 11.6. The summed E-state index contributed by atoms with van der Waals surface area (Å²) < 4.78 is 6.06. The molecule has 0 bridgehead atoms. The Labute approximate surface area is 195 Å². The third kappa shape index (κ3) is 5.17. The highest BCUT2D eigenvalue weighted by molar-refractivity contribution is 5.89. The molecule has 3 heterocycles. The molecule has 0 unspecified atom stereocenters. The third-order valence-electron chi connectivity index (χ3n) is 6.70. The summed E-state index contributed by atoms with van der Waals surface area (Å²) in [5.41, 5.74) is 3.47. The summed E-state index contributed by atoms with van der Waals surface area (Å²) in [7, 11) is 0. The quantitative estimate of drug-likeness (QED) is 0.582. The van der Waals surface area contributed by atoms with E-state index in [1.54, 1.807) is 12.4 Å². The molecule has 2 fully saturated rings. The number of aromatic nitrogens is 1. The second kappa shape index (κ2) is 9.24. The number of rotatable bonds is 5. The molecular formula is C27H30N4O2. The molecular weight excluding hydrogens is 412 g/mol. The number of piperidine rings is 1. The van der Waals surface area contributed by atoms with Crippen molar-refractivity contribution in [1.29, 1.82) is 0 Å². The van der Waals surface area contributed by atoms with Gasteiger partial charge in [-0.3, -0.25) is 9.88 Å². The van der Waals surface area contributed by atoms with E-state index in [1.807, 2.05) is 35.2 Å². The van der Waals surface area contributed by atoms with Crippen molar-refractivity contribution in [3.05, 3.63) is 84.2 Å². The molecule has 1 spiro atoms. The molecule has 2 aliphatic rings. The van der Waals surface area contributed by atoms with Crippen LogP contribution in [0.15, 0.2) is 73.1 Å². The van der Waals surface area contributed by atoms with Crippen LogP contribution in [0.3, 0.4) is 0 Å². The zero-order chi connectivity index (χ0) is 22.7. The van der Waals surface area contributed by atoms with E-state index < -0.39 is 0 Å². The predicted octanol–water partition coefficient (Wildman–Crippen LogP) is 5.31. The molecule has 5 rings (SSSR count). The number of hydrogen-bond donors (Lipinski definition) is 1. The smallest absolute Gasteiger partial charge is 0.321 e. The number of nitrogens with one attached hydrogen (secondary N) is 1. The first-order chi connectivity index (χ1) is 16.1. The van der Waals surface area contributed by atoms with Gasteiger partial charge in [0.2, 0.25) is 0 Å². The summed E-state index contributed by atoms with van der Waals surface area (Å²) in [4.78, 5) is 20.9. The number of amides is 2. The van der Waals surface area contributed by atoms with Crippen molar-refractivity contribution in [3.63, 3.8) is 0 Å². The molecule has 2 saturated heterocycles. The van der Waals surface area contributed by atoms with Gasteiger partial charge in [0, 0.05) is 31.2 Å². The molecule has 2 aromatic carbocycles. The van der Waals surface area contributed by atoms with Crippen molar-refractivity contribution in [2.75, 3.05) is 31.5 Å². The lowest BCUT2D eigenvalue weighted by Crippen LogP contribution is -2.62. The van der Waals surface area contributed by atoms with Gasteiger partial charge in [0.25, 0.3) is 0 Å². The van der Waals surface area contributed by atoms with Crippen molar-refractivity contribution < 1.29 is 9.53 Å². The summed E-state index contributed by atoms with van der Waals surface area (Å²) in [5.74, 6) is 1.75. The van der Waals surface area contributed by atoms with Gasteiger partial charge in [-0.25, -0.2) is 4.79 Å². The molecule has 6 nitrogen and oxygen atoms in total. The fraction of sp³-hybridized carbons (Fsp3) is 0.333. The number of aryl methyl sites for hydroxylation is 1. The molecule has 1 aromatic heterocycles. The van der Waals surface area contributed by atoms with Gasteiger partial charge in [0.15, 0.2) is 0 Å². The Morgan fingerprint density at radius 3 is 2.52 bits per heavy atom. The fourth-order valence-corrected chi connectivity index (χ4v) is 4.83. The largest absolute Gasteiger partial charge is 0.457 e. The van der Waals surface area contributed by atoms with Gasteiger partial charge in [-0.15, -0.1) is 0 Å². The van der Waals surface area contributed by atoms with E-state index in [2.05, 4.69) is 52.5 Å². The number of carbonyl (C=O) groups excluding carboxylic acids is 1. The normalized spacial score (nSPS) is 17.4. The first-order valence-corrected chi connectivity index (χ1v) is 11.6. The molecule has 0 radical (unpaired) electrons. The zero-order valence-electron chi connectivity index (χ0n) is 19.0. The van der Waals surface area contributed by atoms with E-state index in [1.165, 1.54) is 11.1 Å². The van der Waals surface area contributed by atoms with Crippen LogP contribution < -0.4 is 10.1 Å². The van der Waals surface area contributed by atoms with Crippen LogP contribution in [0.1, 0.15) is 24.0 Å². The minimum Gasteiger partial charge on any atom is -0.457 e. The number of carbonyl (C=O) groups is 1. The van der Waals surface area contributed by atoms with Crippen LogP contribution in [-0.4, -0.2) is 47.0 Å². The van der Waals surface area contributed by atoms with Crippen molar-refractivity contribution in [2.45, 2.75) is 26.3 Å². The lowest BCUT2D eigenvalue weighted by molar-refractivity contribution is -0.0200. The number of ether oxygens (including phenoxy) is 1. The number of benzene rings is 2. The average molecular weight is 443 g/mol. The van der Waals surface area contributed by atoms with Crippen LogP contribution in [0.4, 0.5) is 10.5 Å². The topological polar surface area (TPSA) is 57.7 Å². The molecule has 6 heteroatoms. The summed E-state index contributed by atoms with van der Waals surface area (Å²) in [6.07, 6.45) is 5.63. The Balaban J connectivity index is 1.10. The zero-order valence-corrected chi connectivity index (χ0v) is 19.0. The second-order valence-corrected chi connectivity index (χ2v) is 9.37. The summed E-state index contributed by atoms with van der Waals surface area (Å²) in [5, 5.41) is 2.94. The lowest BCUT2D eigenvalue weighted by atomic mass is 9.72. The maximum absolute atomic E-state index is 12.5. The summed E-state index contributed by atoms with van der Waals surface area (Å²) in [6, 6.07) is 20.2. The van der Waals surface area contributed by atoms with Gasteiger partial charge >= 0.3 is 6.03 Å². The molecule has 1 N–H and O–H groups in total. The molecule has 170 valence electrons. The van der Waals surface area contributed by atoms with Crippen LogP contribution in [0.2, 0.25) is 0 Å². The van der Waals surface area contributed by atoms with Gasteiger partial charge in [-0.05, 0) is 80.4 Å².